The van der Waals surface area contributed by atoms with E-state index in [-0.39, 0.29) is 0 Å². The molecule has 3 aromatic heterocycles. The molecular formula is C12H9BrN2S. The zero-order valence-electron chi connectivity index (χ0n) is 8.64. The summed E-state index contributed by atoms with van der Waals surface area (Å²) in [7, 11) is 0. The van der Waals surface area contributed by atoms with Crippen LogP contribution in [-0.2, 0) is 0 Å². The first kappa shape index (κ1) is 10.1. The molecule has 3 aromatic rings. The van der Waals surface area contributed by atoms with Crippen LogP contribution in [0.15, 0.2) is 40.4 Å². The normalized spacial score (nSPS) is 11.1. The van der Waals surface area contributed by atoms with Crippen molar-refractivity contribution in [2.45, 2.75) is 6.92 Å². The van der Waals surface area contributed by atoms with Crippen LogP contribution in [0.1, 0.15) is 5.56 Å². The highest BCUT2D eigenvalue weighted by Gasteiger charge is 2.07. The van der Waals surface area contributed by atoms with Crippen molar-refractivity contribution >= 4 is 32.9 Å². The Morgan fingerprint density at radius 2 is 2.31 bits per heavy atom. The fourth-order valence-electron chi connectivity index (χ4n) is 1.72. The molecule has 3 rings (SSSR count). The molecule has 0 unspecified atom stereocenters. The molecule has 0 amide bonds. The molecule has 0 atom stereocenters. The summed E-state index contributed by atoms with van der Waals surface area (Å²) in [5.74, 6) is 0. The van der Waals surface area contributed by atoms with Crippen LogP contribution in [0.25, 0.3) is 16.2 Å². The lowest BCUT2D eigenvalue weighted by molar-refractivity contribution is 1.16. The van der Waals surface area contributed by atoms with E-state index in [0.717, 1.165) is 15.8 Å². The smallest absolute Gasteiger partial charge is 0.140 e. The van der Waals surface area contributed by atoms with Gasteiger partial charge in [-0.3, -0.25) is 0 Å². The third-order valence-corrected chi connectivity index (χ3v) is 4.21. The molecule has 0 N–H and O–H groups in total. The summed E-state index contributed by atoms with van der Waals surface area (Å²) >= 11 is 5.16. The standard InChI is InChI=1S/C12H9BrN2S/c1-8-3-2-4-15-6-10(14-12(8)15)11-5-9(13)7-16-11/h2-7H,1H3. The minimum Gasteiger partial charge on any atom is -0.306 e. The third kappa shape index (κ3) is 1.58. The molecule has 0 aromatic carbocycles. The van der Waals surface area contributed by atoms with Crippen LogP contribution in [0, 0.1) is 6.92 Å². The number of pyridine rings is 1. The number of fused-ring (bicyclic) bond motifs is 1. The highest BCUT2D eigenvalue weighted by atomic mass is 79.9. The van der Waals surface area contributed by atoms with Crippen molar-refractivity contribution in [2.24, 2.45) is 0 Å². The number of rotatable bonds is 1. The van der Waals surface area contributed by atoms with E-state index in [1.807, 2.05) is 12.3 Å². The summed E-state index contributed by atoms with van der Waals surface area (Å²) in [5, 5.41) is 2.08. The number of aromatic nitrogens is 2. The predicted octanol–water partition coefficient (Wildman–Crippen LogP) is 4.13. The molecule has 16 heavy (non-hydrogen) atoms. The highest BCUT2D eigenvalue weighted by molar-refractivity contribution is 9.10. The van der Waals surface area contributed by atoms with Gasteiger partial charge in [-0.1, -0.05) is 6.07 Å². The van der Waals surface area contributed by atoms with Crippen LogP contribution >= 0.6 is 27.3 Å². The van der Waals surface area contributed by atoms with Crippen LogP contribution in [0.4, 0.5) is 0 Å². The van der Waals surface area contributed by atoms with Gasteiger partial charge in [-0.2, -0.15) is 0 Å². The molecule has 0 fully saturated rings. The van der Waals surface area contributed by atoms with E-state index >= 15 is 0 Å². The van der Waals surface area contributed by atoms with E-state index in [0.29, 0.717) is 0 Å². The lowest BCUT2D eigenvalue weighted by Gasteiger charge is -1.93. The molecule has 4 heteroatoms. The quantitative estimate of drug-likeness (QED) is 0.659. The molecule has 2 nitrogen and oxygen atoms in total. The Balaban J connectivity index is 2.22. The topological polar surface area (TPSA) is 17.3 Å². The zero-order valence-corrected chi connectivity index (χ0v) is 11.0. The van der Waals surface area contributed by atoms with Gasteiger partial charge < -0.3 is 4.40 Å². The number of halogens is 1. The number of hydrogen-bond donors (Lipinski definition) is 0. The van der Waals surface area contributed by atoms with Gasteiger partial charge in [0.05, 0.1) is 10.6 Å². The first-order valence-electron chi connectivity index (χ1n) is 4.93. The zero-order chi connectivity index (χ0) is 11.1. The van der Waals surface area contributed by atoms with Crippen molar-refractivity contribution < 1.29 is 0 Å². The van der Waals surface area contributed by atoms with Crippen LogP contribution in [0.2, 0.25) is 0 Å². The van der Waals surface area contributed by atoms with Crippen LogP contribution in [0.5, 0.6) is 0 Å². The van der Waals surface area contributed by atoms with Crippen molar-refractivity contribution in [3.8, 4) is 10.6 Å². The van der Waals surface area contributed by atoms with Crippen molar-refractivity contribution in [1.29, 1.82) is 0 Å². The average molecular weight is 293 g/mol. The summed E-state index contributed by atoms with van der Waals surface area (Å²) in [4.78, 5) is 5.84. The second-order valence-corrected chi connectivity index (χ2v) is 5.50. The molecule has 0 aliphatic heterocycles. The highest BCUT2D eigenvalue weighted by Crippen LogP contribution is 2.29. The van der Waals surface area contributed by atoms with Crippen LogP contribution in [-0.4, -0.2) is 9.38 Å². The van der Waals surface area contributed by atoms with Crippen LogP contribution < -0.4 is 0 Å². The van der Waals surface area contributed by atoms with Gasteiger partial charge in [-0.05, 0) is 40.5 Å². The SMILES string of the molecule is Cc1cccn2cc(-c3cc(Br)cs3)nc12. The number of imidazole rings is 1. The molecule has 0 aliphatic rings. The minimum atomic E-state index is 1.03. The van der Waals surface area contributed by atoms with Gasteiger partial charge >= 0.3 is 0 Å². The van der Waals surface area contributed by atoms with Gasteiger partial charge in [0.2, 0.25) is 0 Å². The number of thiophene rings is 1. The number of hydrogen-bond acceptors (Lipinski definition) is 2. The van der Waals surface area contributed by atoms with Crippen molar-refractivity contribution in [3.63, 3.8) is 0 Å². The molecule has 0 bridgehead atoms. The summed E-state index contributed by atoms with van der Waals surface area (Å²) in [6.45, 7) is 2.08. The maximum absolute atomic E-state index is 4.65. The summed E-state index contributed by atoms with van der Waals surface area (Å²) in [6.07, 6.45) is 4.10. The van der Waals surface area contributed by atoms with E-state index in [4.69, 9.17) is 0 Å². The minimum absolute atomic E-state index is 1.03. The third-order valence-electron chi connectivity index (χ3n) is 2.50. The van der Waals surface area contributed by atoms with E-state index in [1.54, 1.807) is 11.3 Å². The lowest BCUT2D eigenvalue weighted by Crippen LogP contribution is -1.83. The molecule has 3 heterocycles. The largest absolute Gasteiger partial charge is 0.306 e. The van der Waals surface area contributed by atoms with Crippen LogP contribution in [0.3, 0.4) is 0 Å². The first-order valence-corrected chi connectivity index (χ1v) is 6.60. The second kappa shape index (κ2) is 3.71. The van der Waals surface area contributed by atoms with Gasteiger partial charge in [-0.15, -0.1) is 11.3 Å². The summed E-state index contributed by atoms with van der Waals surface area (Å²) < 4.78 is 3.18. The summed E-state index contributed by atoms with van der Waals surface area (Å²) in [5.41, 5.74) is 3.26. The second-order valence-electron chi connectivity index (χ2n) is 3.68. The maximum Gasteiger partial charge on any atom is 0.140 e. The monoisotopic (exact) mass is 292 g/mol. The molecule has 0 saturated heterocycles. The van der Waals surface area contributed by atoms with Gasteiger partial charge in [0.15, 0.2) is 0 Å². The Morgan fingerprint density at radius 1 is 1.44 bits per heavy atom. The summed E-state index contributed by atoms with van der Waals surface area (Å²) in [6, 6.07) is 6.22. The fraction of sp³-hybridized carbons (Fsp3) is 0.0833. The van der Waals surface area contributed by atoms with E-state index < -0.39 is 0 Å². The molecule has 0 radical (unpaired) electrons. The predicted molar refractivity (Wildman–Crippen MR) is 70.9 cm³/mol. The maximum atomic E-state index is 4.65. The molecule has 0 aliphatic carbocycles. The first-order chi connectivity index (χ1) is 7.74. The van der Waals surface area contributed by atoms with Gasteiger partial charge in [0, 0.05) is 22.2 Å². The van der Waals surface area contributed by atoms with E-state index in [2.05, 4.69) is 55.9 Å². The van der Waals surface area contributed by atoms with E-state index in [1.165, 1.54) is 10.4 Å². The van der Waals surface area contributed by atoms with Gasteiger partial charge in [0.1, 0.15) is 5.65 Å². The van der Waals surface area contributed by atoms with Gasteiger partial charge in [0.25, 0.3) is 0 Å². The van der Waals surface area contributed by atoms with Crippen molar-refractivity contribution in [1.82, 2.24) is 9.38 Å². The lowest BCUT2D eigenvalue weighted by atomic mass is 10.3. The Labute approximate surface area is 106 Å². The molecule has 0 spiro atoms. The molecular weight excluding hydrogens is 284 g/mol. The average Bonchev–Trinajstić information content (AvgIpc) is 2.84. The van der Waals surface area contributed by atoms with Gasteiger partial charge in [-0.25, -0.2) is 4.98 Å². The Kier molecular flexibility index (Phi) is 2.33. The number of nitrogens with zero attached hydrogens (tertiary/aromatic N) is 2. The Bertz CT molecular complexity index is 654. The molecule has 80 valence electrons. The van der Waals surface area contributed by atoms with Crippen molar-refractivity contribution in [2.75, 3.05) is 0 Å². The fourth-order valence-corrected chi connectivity index (χ4v) is 3.10. The Morgan fingerprint density at radius 3 is 3.00 bits per heavy atom. The van der Waals surface area contributed by atoms with Crippen molar-refractivity contribution in [3.05, 3.63) is 46.0 Å². The Hall–Kier alpha value is -1.13. The molecule has 0 saturated carbocycles. The number of aryl methyl sites for hydroxylation is 1. The van der Waals surface area contributed by atoms with E-state index in [9.17, 15) is 0 Å².